The van der Waals surface area contributed by atoms with E-state index >= 15 is 0 Å². The molecule has 1 amide bonds. The SMILES string of the molecule is CCOc1ccc(C2C(=C(O)c3c(C)nc4ccccn34)C(=O)C(=O)N2c2nnc(SCc3ccc(Cl)cc3)s2)cc1OCC. The van der Waals surface area contributed by atoms with E-state index < -0.39 is 17.7 Å². The highest BCUT2D eigenvalue weighted by Gasteiger charge is 2.49. The molecule has 0 bridgehead atoms. The van der Waals surface area contributed by atoms with Gasteiger partial charge in [0.15, 0.2) is 21.6 Å². The van der Waals surface area contributed by atoms with Crippen LogP contribution in [-0.4, -0.2) is 49.6 Å². The fraction of sp³-hybridized carbons (Fsp3) is 0.219. The molecule has 0 aliphatic carbocycles. The Balaban J connectivity index is 1.47. The lowest BCUT2D eigenvalue weighted by Crippen LogP contribution is -2.29. The summed E-state index contributed by atoms with van der Waals surface area (Å²) in [5.41, 5.74) is 2.89. The molecule has 0 saturated carbocycles. The number of aliphatic hydroxyl groups is 1. The number of pyridine rings is 1. The first kappa shape index (κ1) is 30.6. The number of amides is 1. The first-order chi connectivity index (χ1) is 21.8. The zero-order valence-corrected chi connectivity index (χ0v) is 26.9. The second-order valence-electron chi connectivity index (χ2n) is 9.98. The number of aliphatic hydroxyl groups excluding tert-OH is 1. The lowest BCUT2D eigenvalue weighted by Gasteiger charge is -2.23. The van der Waals surface area contributed by atoms with E-state index in [1.54, 1.807) is 47.9 Å². The van der Waals surface area contributed by atoms with Crippen LogP contribution >= 0.6 is 34.7 Å². The van der Waals surface area contributed by atoms with Gasteiger partial charge in [-0.25, -0.2) is 4.98 Å². The molecule has 1 aliphatic heterocycles. The summed E-state index contributed by atoms with van der Waals surface area (Å²) in [5.74, 6) is -0.436. The number of anilines is 1. The van der Waals surface area contributed by atoms with Crippen molar-refractivity contribution in [3.63, 3.8) is 0 Å². The maximum absolute atomic E-state index is 13.8. The molecule has 1 saturated heterocycles. The van der Waals surface area contributed by atoms with Gasteiger partial charge in [-0.15, -0.1) is 10.2 Å². The molecule has 0 spiro atoms. The van der Waals surface area contributed by atoms with Gasteiger partial charge in [-0.05, 0) is 68.3 Å². The number of nitrogens with zero attached hydrogens (tertiary/aromatic N) is 5. The lowest BCUT2D eigenvalue weighted by molar-refractivity contribution is -0.132. The maximum Gasteiger partial charge on any atom is 0.301 e. The zero-order chi connectivity index (χ0) is 31.7. The molecule has 4 heterocycles. The number of carbonyl (C=O) groups excluding carboxylic acids is 2. The van der Waals surface area contributed by atoms with Gasteiger partial charge in [0.25, 0.3) is 5.78 Å². The summed E-state index contributed by atoms with van der Waals surface area (Å²) in [5, 5.41) is 21.3. The van der Waals surface area contributed by atoms with Crippen LogP contribution in [0.4, 0.5) is 5.13 Å². The largest absolute Gasteiger partial charge is 0.505 e. The molecule has 1 N–H and O–H groups in total. The van der Waals surface area contributed by atoms with Crippen molar-refractivity contribution in [3.05, 3.63) is 100.0 Å². The Labute approximate surface area is 272 Å². The van der Waals surface area contributed by atoms with Crippen LogP contribution in [0.2, 0.25) is 5.02 Å². The Morgan fingerprint density at radius 3 is 2.53 bits per heavy atom. The first-order valence-corrected chi connectivity index (χ1v) is 16.3. The number of hydrogen-bond donors (Lipinski definition) is 1. The van der Waals surface area contributed by atoms with E-state index in [0.29, 0.717) is 62.4 Å². The summed E-state index contributed by atoms with van der Waals surface area (Å²) < 4.78 is 13.9. The van der Waals surface area contributed by atoms with Crippen molar-refractivity contribution in [1.82, 2.24) is 19.6 Å². The fourth-order valence-electron chi connectivity index (χ4n) is 5.19. The van der Waals surface area contributed by atoms with Crippen molar-refractivity contribution >= 4 is 62.9 Å². The van der Waals surface area contributed by atoms with Gasteiger partial charge in [0.2, 0.25) is 5.13 Å². The van der Waals surface area contributed by atoms with Crippen LogP contribution in [0.1, 0.15) is 42.4 Å². The second kappa shape index (κ2) is 12.9. The van der Waals surface area contributed by atoms with Crippen LogP contribution in [0.5, 0.6) is 11.5 Å². The van der Waals surface area contributed by atoms with E-state index in [1.807, 2.05) is 44.2 Å². The standard InChI is InChI=1S/C32H28ClN5O5S2/c1-4-42-22-14-11-20(16-23(22)43-5-2)27-25(28(39)26-18(3)34-24-8-6-7-15-37(24)26)29(40)30(41)38(27)31-35-36-32(45-31)44-17-19-9-12-21(33)13-10-19/h6-16,27,39H,4-5,17H2,1-3H3. The summed E-state index contributed by atoms with van der Waals surface area (Å²) >= 11 is 8.66. The number of imidazole rings is 1. The van der Waals surface area contributed by atoms with Gasteiger partial charge in [-0.2, -0.15) is 0 Å². The molecular weight excluding hydrogens is 634 g/mol. The van der Waals surface area contributed by atoms with Gasteiger partial charge >= 0.3 is 5.91 Å². The van der Waals surface area contributed by atoms with Crippen molar-refractivity contribution in [2.45, 2.75) is 36.9 Å². The Morgan fingerprint density at radius 2 is 1.78 bits per heavy atom. The topological polar surface area (TPSA) is 119 Å². The van der Waals surface area contributed by atoms with Crippen molar-refractivity contribution in [2.24, 2.45) is 0 Å². The third-order valence-corrected chi connectivity index (χ3v) is 9.51. The number of carbonyl (C=O) groups is 2. The number of hydrogen-bond acceptors (Lipinski definition) is 10. The number of halogens is 1. The van der Waals surface area contributed by atoms with Gasteiger partial charge in [0.05, 0.1) is 30.5 Å². The number of aryl methyl sites for hydroxylation is 1. The molecule has 1 aliphatic rings. The first-order valence-electron chi connectivity index (χ1n) is 14.2. The number of benzene rings is 2. The van der Waals surface area contributed by atoms with E-state index in [1.165, 1.54) is 28.0 Å². The van der Waals surface area contributed by atoms with E-state index in [2.05, 4.69) is 15.2 Å². The Hall–Kier alpha value is -4.39. The van der Waals surface area contributed by atoms with Crippen molar-refractivity contribution in [1.29, 1.82) is 0 Å². The number of fused-ring (bicyclic) bond motifs is 1. The molecule has 10 nitrogen and oxygen atoms in total. The predicted molar refractivity (Wildman–Crippen MR) is 174 cm³/mol. The summed E-state index contributed by atoms with van der Waals surface area (Å²) in [7, 11) is 0. The van der Waals surface area contributed by atoms with E-state index in [9.17, 15) is 14.7 Å². The molecule has 3 aromatic heterocycles. The smallest absolute Gasteiger partial charge is 0.301 e. The van der Waals surface area contributed by atoms with Gasteiger partial charge in [0.1, 0.15) is 11.3 Å². The van der Waals surface area contributed by atoms with Crippen LogP contribution in [0, 0.1) is 6.92 Å². The molecule has 1 atom stereocenters. The summed E-state index contributed by atoms with van der Waals surface area (Å²) in [6, 6.07) is 17.1. The fourth-order valence-corrected chi connectivity index (χ4v) is 7.14. The molecule has 13 heteroatoms. The molecule has 1 fully saturated rings. The van der Waals surface area contributed by atoms with Crippen LogP contribution in [0.3, 0.4) is 0 Å². The molecule has 6 rings (SSSR count). The molecule has 230 valence electrons. The van der Waals surface area contributed by atoms with Gasteiger partial charge in [-0.1, -0.05) is 59.0 Å². The number of thioether (sulfide) groups is 1. The average molecular weight is 662 g/mol. The Kier molecular flexibility index (Phi) is 8.79. The summed E-state index contributed by atoms with van der Waals surface area (Å²) in [6.07, 6.45) is 1.74. The van der Waals surface area contributed by atoms with Crippen LogP contribution in [0.15, 0.2) is 76.8 Å². The predicted octanol–water partition coefficient (Wildman–Crippen LogP) is 6.86. The van der Waals surface area contributed by atoms with Gasteiger partial charge in [-0.3, -0.25) is 18.9 Å². The number of aromatic nitrogens is 4. The van der Waals surface area contributed by atoms with Crippen LogP contribution < -0.4 is 14.4 Å². The normalized spacial score (nSPS) is 16.1. The summed E-state index contributed by atoms with van der Waals surface area (Å²) in [6.45, 7) is 6.26. The molecular formula is C32H28ClN5O5S2. The van der Waals surface area contributed by atoms with Gasteiger partial charge in [0, 0.05) is 17.0 Å². The number of rotatable bonds is 10. The number of Topliss-reactive ketones (excluding diaryl/α,β-unsaturated/α-hetero) is 1. The quantitative estimate of drug-likeness (QED) is 0.0563. The molecule has 1 unspecified atom stereocenters. The minimum Gasteiger partial charge on any atom is -0.505 e. The van der Waals surface area contributed by atoms with E-state index in [4.69, 9.17) is 21.1 Å². The van der Waals surface area contributed by atoms with E-state index in [0.717, 1.165) is 5.56 Å². The molecule has 5 aromatic rings. The lowest BCUT2D eigenvalue weighted by atomic mass is 9.96. The van der Waals surface area contributed by atoms with Crippen molar-refractivity contribution in [3.8, 4) is 11.5 Å². The molecule has 2 aromatic carbocycles. The minimum atomic E-state index is -1.03. The second-order valence-corrected chi connectivity index (χ2v) is 12.6. The maximum atomic E-state index is 13.8. The molecule has 0 radical (unpaired) electrons. The van der Waals surface area contributed by atoms with Crippen molar-refractivity contribution < 1.29 is 24.2 Å². The Bertz CT molecular complexity index is 1940. The third kappa shape index (κ3) is 5.88. The van der Waals surface area contributed by atoms with Crippen LogP contribution in [0.25, 0.3) is 11.4 Å². The zero-order valence-electron chi connectivity index (χ0n) is 24.6. The van der Waals surface area contributed by atoms with Crippen molar-refractivity contribution in [2.75, 3.05) is 18.1 Å². The van der Waals surface area contributed by atoms with Crippen LogP contribution in [-0.2, 0) is 15.3 Å². The van der Waals surface area contributed by atoms with E-state index in [-0.39, 0.29) is 16.5 Å². The minimum absolute atomic E-state index is 0.0917. The highest BCUT2D eigenvalue weighted by atomic mass is 35.5. The highest BCUT2D eigenvalue weighted by molar-refractivity contribution is 8.00. The third-order valence-electron chi connectivity index (χ3n) is 7.13. The average Bonchev–Trinajstić information content (AvgIpc) is 3.71. The monoisotopic (exact) mass is 661 g/mol. The molecule has 45 heavy (non-hydrogen) atoms. The Morgan fingerprint density at radius 1 is 1.02 bits per heavy atom. The number of ketones is 1. The highest BCUT2D eigenvalue weighted by Crippen LogP contribution is 2.46. The summed E-state index contributed by atoms with van der Waals surface area (Å²) in [4.78, 5) is 33.5. The number of ether oxygens (including phenoxy) is 2. The van der Waals surface area contributed by atoms with Gasteiger partial charge < -0.3 is 14.6 Å².